The number of ether oxygens (including phenoxy) is 2. The van der Waals surface area contributed by atoms with Crippen molar-refractivity contribution in [1.29, 1.82) is 0 Å². The first-order valence-electron chi connectivity index (χ1n) is 12.0. The van der Waals surface area contributed by atoms with Gasteiger partial charge in [-0.2, -0.15) is 13.2 Å². The van der Waals surface area contributed by atoms with Gasteiger partial charge in [0.1, 0.15) is 5.75 Å². The monoisotopic (exact) mass is 541 g/mol. The number of halogens is 4. The summed E-state index contributed by atoms with van der Waals surface area (Å²) in [6.45, 7) is 3.59. The second kappa shape index (κ2) is 11.2. The minimum absolute atomic E-state index is 0.0498. The quantitative estimate of drug-likeness (QED) is 0.289. The lowest BCUT2D eigenvalue weighted by atomic mass is 10.2. The molecule has 12 heteroatoms. The first-order chi connectivity index (χ1) is 18.7. The molecule has 4 aromatic rings. The van der Waals surface area contributed by atoms with E-state index in [0.717, 1.165) is 37.0 Å². The maximum absolute atomic E-state index is 14.5. The van der Waals surface area contributed by atoms with E-state index in [4.69, 9.17) is 9.47 Å². The summed E-state index contributed by atoms with van der Waals surface area (Å²) in [5, 5.41) is 4.79. The van der Waals surface area contributed by atoms with Crippen molar-refractivity contribution in [3.63, 3.8) is 0 Å². The van der Waals surface area contributed by atoms with E-state index in [1.807, 2.05) is 0 Å². The molecule has 0 unspecified atom stereocenters. The van der Waals surface area contributed by atoms with Crippen LogP contribution in [0.2, 0.25) is 0 Å². The van der Waals surface area contributed by atoms with E-state index >= 15 is 0 Å². The molecule has 1 fully saturated rings. The number of urea groups is 1. The highest BCUT2D eigenvalue weighted by molar-refractivity contribution is 5.99. The highest BCUT2D eigenvalue weighted by atomic mass is 19.4. The lowest BCUT2D eigenvalue weighted by molar-refractivity contribution is -0.137. The zero-order valence-electron chi connectivity index (χ0n) is 20.5. The fourth-order valence-electron chi connectivity index (χ4n) is 4.01. The van der Waals surface area contributed by atoms with Crippen LogP contribution in [-0.4, -0.2) is 47.2 Å². The molecule has 1 aliphatic heterocycles. The molecule has 39 heavy (non-hydrogen) atoms. The normalized spacial score (nSPS) is 14.3. The average Bonchev–Trinajstić information content (AvgIpc) is 2.90. The highest BCUT2D eigenvalue weighted by Crippen LogP contribution is 2.31. The molecular formula is C27H23F4N5O3. The van der Waals surface area contributed by atoms with Crippen LogP contribution in [0.15, 0.2) is 66.9 Å². The van der Waals surface area contributed by atoms with E-state index < -0.39 is 23.6 Å². The Labute approximate surface area is 220 Å². The van der Waals surface area contributed by atoms with E-state index in [1.165, 1.54) is 24.3 Å². The standard InChI is InChI=1S/C27H23F4N5O3/c28-22-6-4-19(35-26(37)34-18-3-1-2-17(12-18)27(29,30)31)13-25(22)39-21-5-7-23-24(14-21)33-20(15-32-23)16-36-8-10-38-11-9-36/h1-7,12-15H,8-11,16H2,(H2,34,35,37). The van der Waals surface area contributed by atoms with Crippen LogP contribution in [0.1, 0.15) is 11.3 Å². The Morgan fingerprint density at radius 1 is 0.974 bits per heavy atom. The van der Waals surface area contributed by atoms with E-state index in [9.17, 15) is 22.4 Å². The maximum Gasteiger partial charge on any atom is 0.416 e. The number of aromatic nitrogens is 2. The average molecular weight is 542 g/mol. The van der Waals surface area contributed by atoms with Crippen molar-refractivity contribution in [2.75, 3.05) is 36.9 Å². The number of nitrogens with zero attached hydrogens (tertiary/aromatic N) is 3. The van der Waals surface area contributed by atoms with Gasteiger partial charge in [0, 0.05) is 43.1 Å². The van der Waals surface area contributed by atoms with E-state index in [-0.39, 0.29) is 17.1 Å². The van der Waals surface area contributed by atoms with E-state index in [0.29, 0.717) is 36.5 Å². The van der Waals surface area contributed by atoms with Gasteiger partial charge < -0.3 is 20.1 Å². The van der Waals surface area contributed by atoms with Gasteiger partial charge in [-0.25, -0.2) is 14.2 Å². The fourth-order valence-corrected chi connectivity index (χ4v) is 4.01. The summed E-state index contributed by atoms with van der Waals surface area (Å²) in [4.78, 5) is 23.7. The van der Waals surface area contributed by atoms with Gasteiger partial charge in [-0.1, -0.05) is 6.07 Å². The minimum Gasteiger partial charge on any atom is -0.454 e. The van der Waals surface area contributed by atoms with Gasteiger partial charge in [-0.3, -0.25) is 9.88 Å². The molecular weight excluding hydrogens is 518 g/mol. The summed E-state index contributed by atoms with van der Waals surface area (Å²) in [7, 11) is 0. The van der Waals surface area contributed by atoms with Crippen LogP contribution in [0, 0.1) is 5.82 Å². The van der Waals surface area contributed by atoms with Crippen molar-refractivity contribution in [3.05, 3.63) is 83.9 Å². The predicted molar refractivity (Wildman–Crippen MR) is 136 cm³/mol. The molecule has 0 radical (unpaired) electrons. The third kappa shape index (κ3) is 6.78. The number of benzene rings is 3. The zero-order valence-corrected chi connectivity index (χ0v) is 20.5. The van der Waals surface area contributed by atoms with Crippen LogP contribution >= 0.6 is 0 Å². The third-order valence-electron chi connectivity index (χ3n) is 5.92. The van der Waals surface area contributed by atoms with Crippen molar-refractivity contribution in [2.24, 2.45) is 0 Å². The summed E-state index contributed by atoms with van der Waals surface area (Å²) < 4.78 is 64.4. The summed E-state index contributed by atoms with van der Waals surface area (Å²) in [5.74, 6) is -0.528. The molecule has 202 valence electrons. The first kappa shape index (κ1) is 26.3. The second-order valence-corrected chi connectivity index (χ2v) is 8.81. The Balaban J connectivity index is 1.27. The van der Waals surface area contributed by atoms with Gasteiger partial charge in [0.05, 0.1) is 41.7 Å². The van der Waals surface area contributed by atoms with Crippen LogP contribution in [0.4, 0.5) is 33.7 Å². The highest BCUT2D eigenvalue weighted by Gasteiger charge is 2.30. The first-order valence-corrected chi connectivity index (χ1v) is 12.0. The number of carbonyl (C=O) groups excluding carboxylic acids is 1. The van der Waals surface area contributed by atoms with E-state index in [1.54, 1.807) is 24.4 Å². The maximum atomic E-state index is 14.5. The van der Waals surface area contributed by atoms with Gasteiger partial charge in [-0.05, 0) is 42.5 Å². The molecule has 3 aromatic carbocycles. The second-order valence-electron chi connectivity index (χ2n) is 8.81. The molecule has 1 aromatic heterocycles. The van der Waals surface area contributed by atoms with Gasteiger partial charge >= 0.3 is 12.2 Å². The number of rotatable bonds is 6. The Morgan fingerprint density at radius 2 is 1.74 bits per heavy atom. The van der Waals surface area contributed by atoms with Crippen molar-refractivity contribution in [3.8, 4) is 11.5 Å². The fraction of sp³-hybridized carbons (Fsp3) is 0.222. The summed E-state index contributed by atoms with van der Waals surface area (Å²) in [6, 6.07) is 12.1. The Morgan fingerprint density at radius 3 is 2.51 bits per heavy atom. The molecule has 5 rings (SSSR count). The van der Waals surface area contributed by atoms with Crippen LogP contribution in [0.3, 0.4) is 0 Å². The topological polar surface area (TPSA) is 88.6 Å². The number of hydrogen-bond acceptors (Lipinski definition) is 6. The van der Waals surface area contributed by atoms with Gasteiger partial charge in [-0.15, -0.1) is 0 Å². The van der Waals surface area contributed by atoms with Crippen LogP contribution in [-0.2, 0) is 17.5 Å². The Bertz CT molecular complexity index is 1490. The lowest BCUT2D eigenvalue weighted by Crippen LogP contribution is -2.35. The summed E-state index contributed by atoms with van der Waals surface area (Å²) in [6.07, 6.45) is -2.83. The predicted octanol–water partition coefficient (Wildman–Crippen LogP) is 6.06. The number of nitrogens with one attached hydrogen (secondary N) is 2. The van der Waals surface area contributed by atoms with Crippen LogP contribution < -0.4 is 15.4 Å². The van der Waals surface area contributed by atoms with Crippen LogP contribution in [0.25, 0.3) is 11.0 Å². The van der Waals surface area contributed by atoms with Crippen molar-refractivity contribution in [2.45, 2.75) is 12.7 Å². The molecule has 2 heterocycles. The molecule has 2 amide bonds. The molecule has 1 saturated heterocycles. The zero-order chi connectivity index (χ0) is 27.4. The molecule has 1 aliphatic rings. The Kier molecular flexibility index (Phi) is 7.57. The molecule has 8 nitrogen and oxygen atoms in total. The number of anilines is 2. The number of hydrogen-bond donors (Lipinski definition) is 2. The number of fused-ring (bicyclic) bond motifs is 1. The third-order valence-corrected chi connectivity index (χ3v) is 5.92. The number of carbonyl (C=O) groups is 1. The number of amides is 2. The summed E-state index contributed by atoms with van der Waals surface area (Å²) in [5.41, 5.74) is 1.23. The Hall–Kier alpha value is -4.29. The minimum atomic E-state index is -4.55. The molecule has 0 saturated carbocycles. The SMILES string of the molecule is O=C(Nc1cccc(C(F)(F)F)c1)Nc1ccc(F)c(Oc2ccc3ncc(CN4CCOCC4)nc3c2)c1. The van der Waals surface area contributed by atoms with Crippen molar-refractivity contribution in [1.82, 2.24) is 14.9 Å². The van der Waals surface area contributed by atoms with E-state index in [2.05, 4.69) is 25.5 Å². The van der Waals surface area contributed by atoms with Crippen molar-refractivity contribution >= 4 is 28.4 Å². The molecule has 0 atom stereocenters. The van der Waals surface area contributed by atoms with Gasteiger partial charge in [0.2, 0.25) is 0 Å². The number of morpholine rings is 1. The number of alkyl halides is 3. The van der Waals surface area contributed by atoms with Gasteiger partial charge in [0.25, 0.3) is 0 Å². The summed E-state index contributed by atoms with van der Waals surface area (Å²) >= 11 is 0. The molecule has 0 bridgehead atoms. The van der Waals surface area contributed by atoms with Crippen LogP contribution in [0.5, 0.6) is 11.5 Å². The van der Waals surface area contributed by atoms with Gasteiger partial charge in [0.15, 0.2) is 11.6 Å². The molecule has 0 spiro atoms. The smallest absolute Gasteiger partial charge is 0.416 e. The molecule has 0 aliphatic carbocycles. The largest absolute Gasteiger partial charge is 0.454 e. The van der Waals surface area contributed by atoms with Crippen molar-refractivity contribution < 1.29 is 31.8 Å². The lowest BCUT2D eigenvalue weighted by Gasteiger charge is -2.26. The molecule has 2 N–H and O–H groups in total.